The van der Waals surface area contributed by atoms with Crippen molar-refractivity contribution in [2.24, 2.45) is 0 Å². The topological polar surface area (TPSA) is 41.1 Å². The van der Waals surface area contributed by atoms with E-state index in [1.807, 2.05) is 12.1 Å². The zero-order valence-corrected chi connectivity index (χ0v) is 12.4. The van der Waals surface area contributed by atoms with Crippen molar-refractivity contribution in [3.8, 4) is 0 Å². The SMILES string of the molecule is Cc1ccc(CNC(=O)CNc2ccccc2Cl)cc1F. The second-order valence-electron chi connectivity index (χ2n) is 4.69. The third-order valence-electron chi connectivity index (χ3n) is 3.04. The highest BCUT2D eigenvalue weighted by Crippen LogP contribution is 2.19. The Kier molecular flexibility index (Phi) is 5.17. The number of carbonyl (C=O) groups is 1. The van der Waals surface area contributed by atoms with Crippen LogP contribution in [0.2, 0.25) is 5.02 Å². The number of hydrogen-bond donors (Lipinski definition) is 2. The summed E-state index contributed by atoms with van der Waals surface area (Å²) in [7, 11) is 0. The number of aryl methyl sites for hydroxylation is 1. The second kappa shape index (κ2) is 7.09. The number of carbonyl (C=O) groups excluding carboxylic acids is 1. The van der Waals surface area contributed by atoms with Gasteiger partial charge in [-0.1, -0.05) is 35.9 Å². The minimum atomic E-state index is -0.268. The Balaban J connectivity index is 1.82. The molecule has 0 radical (unpaired) electrons. The first-order chi connectivity index (χ1) is 10.1. The lowest BCUT2D eigenvalue weighted by molar-refractivity contribution is -0.119. The summed E-state index contributed by atoms with van der Waals surface area (Å²) in [6.45, 7) is 2.10. The highest BCUT2D eigenvalue weighted by atomic mass is 35.5. The van der Waals surface area contributed by atoms with Crippen LogP contribution in [0.5, 0.6) is 0 Å². The molecule has 0 aliphatic rings. The Morgan fingerprint density at radius 3 is 2.71 bits per heavy atom. The van der Waals surface area contributed by atoms with Gasteiger partial charge in [0.25, 0.3) is 0 Å². The summed E-state index contributed by atoms with van der Waals surface area (Å²) in [5.41, 5.74) is 2.02. The number of amides is 1. The molecular formula is C16H16ClFN2O. The zero-order chi connectivity index (χ0) is 15.2. The predicted molar refractivity (Wildman–Crippen MR) is 82.9 cm³/mol. The van der Waals surface area contributed by atoms with Gasteiger partial charge in [-0.3, -0.25) is 4.79 Å². The van der Waals surface area contributed by atoms with Gasteiger partial charge in [0.15, 0.2) is 0 Å². The summed E-state index contributed by atoms with van der Waals surface area (Å²) in [5, 5.41) is 6.24. The van der Waals surface area contributed by atoms with Gasteiger partial charge in [0.05, 0.1) is 17.3 Å². The maximum Gasteiger partial charge on any atom is 0.239 e. The Labute approximate surface area is 128 Å². The molecule has 0 unspecified atom stereocenters. The van der Waals surface area contributed by atoms with Gasteiger partial charge in [-0.2, -0.15) is 0 Å². The quantitative estimate of drug-likeness (QED) is 0.887. The molecule has 3 nitrogen and oxygen atoms in total. The number of halogens is 2. The smallest absolute Gasteiger partial charge is 0.239 e. The summed E-state index contributed by atoms with van der Waals surface area (Å²) < 4.78 is 13.4. The Morgan fingerprint density at radius 1 is 1.24 bits per heavy atom. The van der Waals surface area contributed by atoms with E-state index in [0.29, 0.717) is 22.8 Å². The summed E-state index contributed by atoms with van der Waals surface area (Å²) >= 11 is 5.98. The first-order valence-electron chi connectivity index (χ1n) is 6.56. The number of hydrogen-bond acceptors (Lipinski definition) is 2. The van der Waals surface area contributed by atoms with Gasteiger partial charge < -0.3 is 10.6 Å². The lowest BCUT2D eigenvalue weighted by Gasteiger charge is -2.09. The largest absolute Gasteiger partial charge is 0.375 e. The minimum Gasteiger partial charge on any atom is -0.375 e. The first-order valence-corrected chi connectivity index (χ1v) is 6.94. The van der Waals surface area contributed by atoms with Crippen molar-refractivity contribution in [3.05, 3.63) is 64.4 Å². The Morgan fingerprint density at radius 2 is 2.00 bits per heavy atom. The number of nitrogens with one attached hydrogen (secondary N) is 2. The van der Waals surface area contributed by atoms with E-state index in [1.54, 1.807) is 31.2 Å². The van der Waals surface area contributed by atoms with Crippen LogP contribution in [-0.4, -0.2) is 12.5 Å². The monoisotopic (exact) mass is 306 g/mol. The molecule has 0 saturated carbocycles. The van der Waals surface area contributed by atoms with E-state index in [4.69, 9.17) is 11.6 Å². The molecule has 2 rings (SSSR count). The molecule has 0 fully saturated rings. The Bertz CT molecular complexity index is 646. The van der Waals surface area contributed by atoms with E-state index in [-0.39, 0.29) is 18.3 Å². The van der Waals surface area contributed by atoms with Crippen LogP contribution in [0.1, 0.15) is 11.1 Å². The molecule has 2 aromatic carbocycles. The van der Waals surface area contributed by atoms with Crippen LogP contribution >= 0.6 is 11.6 Å². The zero-order valence-electron chi connectivity index (χ0n) is 11.6. The van der Waals surface area contributed by atoms with Gasteiger partial charge in [0.1, 0.15) is 5.82 Å². The predicted octanol–water partition coefficient (Wildman–Crippen LogP) is 3.52. The molecule has 0 bridgehead atoms. The fourth-order valence-corrected chi connectivity index (χ4v) is 1.99. The third kappa shape index (κ3) is 4.46. The van der Waals surface area contributed by atoms with Crippen LogP contribution in [0, 0.1) is 12.7 Å². The highest BCUT2D eigenvalue weighted by molar-refractivity contribution is 6.33. The second-order valence-corrected chi connectivity index (χ2v) is 5.10. The van der Waals surface area contributed by atoms with Gasteiger partial charge in [-0.15, -0.1) is 0 Å². The maximum absolute atomic E-state index is 13.4. The van der Waals surface area contributed by atoms with Crippen molar-refractivity contribution in [1.29, 1.82) is 0 Å². The lowest BCUT2D eigenvalue weighted by atomic mass is 10.1. The molecule has 2 N–H and O–H groups in total. The molecule has 0 heterocycles. The van der Waals surface area contributed by atoms with Crippen LogP contribution < -0.4 is 10.6 Å². The van der Waals surface area contributed by atoms with Crippen LogP contribution in [-0.2, 0) is 11.3 Å². The van der Waals surface area contributed by atoms with Crippen molar-refractivity contribution < 1.29 is 9.18 Å². The van der Waals surface area contributed by atoms with Crippen LogP contribution in [0.25, 0.3) is 0 Å². The van der Waals surface area contributed by atoms with Gasteiger partial charge in [-0.25, -0.2) is 4.39 Å². The summed E-state index contributed by atoms with van der Waals surface area (Å²) in [6.07, 6.45) is 0. The van der Waals surface area contributed by atoms with Crippen LogP contribution in [0.15, 0.2) is 42.5 Å². The normalized spacial score (nSPS) is 10.2. The van der Waals surface area contributed by atoms with E-state index >= 15 is 0 Å². The molecule has 0 aromatic heterocycles. The molecule has 21 heavy (non-hydrogen) atoms. The molecule has 0 spiro atoms. The van der Waals surface area contributed by atoms with Crippen molar-refractivity contribution in [2.45, 2.75) is 13.5 Å². The summed E-state index contributed by atoms with van der Waals surface area (Å²) in [6, 6.07) is 12.1. The van der Waals surface area contributed by atoms with E-state index in [0.717, 1.165) is 5.56 Å². The van der Waals surface area contributed by atoms with Gasteiger partial charge in [0, 0.05) is 6.54 Å². The van der Waals surface area contributed by atoms with E-state index in [9.17, 15) is 9.18 Å². The van der Waals surface area contributed by atoms with E-state index in [2.05, 4.69) is 10.6 Å². The average Bonchev–Trinajstić information content (AvgIpc) is 2.47. The highest BCUT2D eigenvalue weighted by Gasteiger charge is 2.04. The summed E-state index contributed by atoms with van der Waals surface area (Å²) in [4.78, 5) is 11.7. The molecular weight excluding hydrogens is 291 g/mol. The fraction of sp³-hybridized carbons (Fsp3) is 0.188. The molecule has 5 heteroatoms. The van der Waals surface area contributed by atoms with Crippen LogP contribution in [0.3, 0.4) is 0 Å². The molecule has 1 amide bonds. The van der Waals surface area contributed by atoms with Crippen molar-refractivity contribution in [2.75, 3.05) is 11.9 Å². The molecule has 2 aromatic rings. The molecule has 0 saturated heterocycles. The van der Waals surface area contributed by atoms with Gasteiger partial charge >= 0.3 is 0 Å². The third-order valence-corrected chi connectivity index (χ3v) is 3.37. The molecule has 0 atom stereocenters. The van der Waals surface area contributed by atoms with E-state index in [1.165, 1.54) is 6.07 Å². The van der Waals surface area contributed by atoms with Crippen molar-refractivity contribution in [3.63, 3.8) is 0 Å². The van der Waals surface area contributed by atoms with Crippen molar-refractivity contribution in [1.82, 2.24) is 5.32 Å². The minimum absolute atomic E-state index is 0.109. The van der Waals surface area contributed by atoms with E-state index < -0.39 is 0 Å². The van der Waals surface area contributed by atoms with Gasteiger partial charge in [-0.05, 0) is 36.2 Å². The fourth-order valence-electron chi connectivity index (χ4n) is 1.79. The summed E-state index contributed by atoms with van der Waals surface area (Å²) in [5.74, 6) is -0.452. The molecule has 110 valence electrons. The molecule has 0 aliphatic carbocycles. The molecule has 0 aliphatic heterocycles. The number of rotatable bonds is 5. The first kappa shape index (κ1) is 15.3. The Hall–Kier alpha value is -2.07. The lowest BCUT2D eigenvalue weighted by Crippen LogP contribution is -2.29. The average molecular weight is 307 g/mol. The number of benzene rings is 2. The number of para-hydroxylation sites is 1. The van der Waals surface area contributed by atoms with Crippen molar-refractivity contribution >= 4 is 23.2 Å². The maximum atomic E-state index is 13.4. The number of anilines is 1. The van der Waals surface area contributed by atoms with Gasteiger partial charge in [0.2, 0.25) is 5.91 Å². The standard InChI is InChI=1S/C16H16ClFN2O/c1-11-6-7-12(8-14(11)18)9-20-16(21)10-19-15-5-3-2-4-13(15)17/h2-8,19H,9-10H2,1H3,(H,20,21). The van der Waals surface area contributed by atoms with Crippen LogP contribution in [0.4, 0.5) is 10.1 Å².